The van der Waals surface area contributed by atoms with Crippen LogP contribution in [0.2, 0.25) is 0 Å². The lowest BCUT2D eigenvalue weighted by molar-refractivity contribution is -0.149. The Hall–Kier alpha value is -1.91. The van der Waals surface area contributed by atoms with Gasteiger partial charge in [0.25, 0.3) is 0 Å². The number of unbranched alkanes of at least 4 members (excludes halogenated alkanes) is 1. The third-order valence-corrected chi connectivity index (χ3v) is 2.88. The first-order valence-corrected chi connectivity index (χ1v) is 7.25. The van der Waals surface area contributed by atoms with Crippen LogP contribution in [0.3, 0.4) is 0 Å². The Labute approximate surface area is 125 Å². The monoisotopic (exact) mass is 293 g/mol. The first-order valence-electron chi connectivity index (χ1n) is 7.25. The summed E-state index contributed by atoms with van der Waals surface area (Å²) in [5.74, 6) is 0.291. The van der Waals surface area contributed by atoms with Crippen molar-refractivity contribution in [2.24, 2.45) is 5.18 Å². The molecule has 0 spiro atoms. The van der Waals surface area contributed by atoms with E-state index in [9.17, 15) is 9.70 Å². The van der Waals surface area contributed by atoms with E-state index in [2.05, 4.69) is 5.18 Å². The van der Waals surface area contributed by atoms with Gasteiger partial charge in [0, 0.05) is 0 Å². The number of esters is 1. The number of carbonyl (C=O) groups is 1. The van der Waals surface area contributed by atoms with Gasteiger partial charge in [-0.05, 0) is 57.7 Å². The minimum Gasteiger partial charge on any atom is -0.494 e. The molecule has 1 unspecified atom stereocenters. The Morgan fingerprint density at radius 1 is 1.29 bits per heavy atom. The molecule has 5 heteroatoms. The maximum Gasteiger partial charge on any atom is 0.334 e. The van der Waals surface area contributed by atoms with Gasteiger partial charge in [0.05, 0.1) is 12.7 Å². The van der Waals surface area contributed by atoms with Gasteiger partial charge in [-0.15, -0.1) is 4.91 Å². The normalized spacial score (nSPS) is 12.0. The summed E-state index contributed by atoms with van der Waals surface area (Å²) in [6, 6.07) is 6.91. The van der Waals surface area contributed by atoms with E-state index in [0.717, 1.165) is 17.7 Å². The van der Waals surface area contributed by atoms with E-state index in [4.69, 9.17) is 9.47 Å². The molecule has 0 heterocycles. The number of benzene rings is 1. The van der Waals surface area contributed by atoms with Crippen LogP contribution >= 0.6 is 0 Å². The molecule has 0 aromatic heterocycles. The van der Waals surface area contributed by atoms with E-state index < -0.39 is 12.0 Å². The second kappa shape index (κ2) is 9.10. The predicted octanol–water partition coefficient (Wildman–Crippen LogP) is 3.63. The van der Waals surface area contributed by atoms with Crippen LogP contribution in [0.4, 0.5) is 0 Å². The zero-order valence-corrected chi connectivity index (χ0v) is 12.9. The van der Waals surface area contributed by atoms with Gasteiger partial charge in [-0.1, -0.05) is 17.3 Å². The molecule has 5 nitrogen and oxygen atoms in total. The number of aryl methyl sites for hydroxylation is 1. The quantitative estimate of drug-likeness (QED) is 0.396. The number of nitroso groups, excluding NO2 is 1. The lowest BCUT2D eigenvalue weighted by Crippen LogP contribution is -2.24. The highest BCUT2D eigenvalue weighted by molar-refractivity contribution is 5.76. The average Bonchev–Trinajstić information content (AvgIpc) is 2.42. The van der Waals surface area contributed by atoms with Crippen molar-refractivity contribution < 1.29 is 14.3 Å². The van der Waals surface area contributed by atoms with Crippen molar-refractivity contribution >= 4 is 5.97 Å². The number of nitrogens with zero attached hydrogens (tertiary/aromatic N) is 1. The van der Waals surface area contributed by atoms with Crippen molar-refractivity contribution in [3.05, 3.63) is 34.7 Å². The average molecular weight is 293 g/mol. The van der Waals surface area contributed by atoms with Crippen molar-refractivity contribution in [1.82, 2.24) is 0 Å². The molecule has 0 aliphatic rings. The topological polar surface area (TPSA) is 65.0 Å². The Balaban J connectivity index is 2.23. The fourth-order valence-corrected chi connectivity index (χ4v) is 1.86. The summed E-state index contributed by atoms with van der Waals surface area (Å²) in [7, 11) is 0. The number of rotatable bonds is 9. The Kier molecular flexibility index (Phi) is 7.43. The fraction of sp³-hybridized carbons (Fsp3) is 0.562. The van der Waals surface area contributed by atoms with Crippen molar-refractivity contribution in [3.8, 4) is 5.75 Å². The zero-order valence-electron chi connectivity index (χ0n) is 12.9. The molecule has 1 atom stereocenters. The van der Waals surface area contributed by atoms with E-state index in [1.54, 1.807) is 13.8 Å². The Morgan fingerprint density at radius 2 is 2.05 bits per heavy atom. The maximum atomic E-state index is 11.6. The minimum absolute atomic E-state index is 0.230. The highest BCUT2D eigenvalue weighted by atomic mass is 16.5. The van der Waals surface area contributed by atoms with Gasteiger partial charge in [0.2, 0.25) is 0 Å². The Morgan fingerprint density at radius 3 is 2.67 bits per heavy atom. The first-order chi connectivity index (χ1) is 10.0. The van der Waals surface area contributed by atoms with E-state index in [-0.39, 0.29) is 6.10 Å². The summed E-state index contributed by atoms with van der Waals surface area (Å²) in [5, 5.41) is 2.84. The van der Waals surface area contributed by atoms with Crippen molar-refractivity contribution in [3.63, 3.8) is 0 Å². The molecule has 1 rings (SSSR count). The summed E-state index contributed by atoms with van der Waals surface area (Å²) in [6.45, 7) is 6.05. The summed E-state index contributed by atoms with van der Waals surface area (Å²) < 4.78 is 10.6. The van der Waals surface area contributed by atoms with E-state index in [1.165, 1.54) is 0 Å². The number of carbonyl (C=O) groups excluding carboxylic acids is 1. The molecule has 0 amide bonds. The highest BCUT2D eigenvalue weighted by Gasteiger charge is 2.21. The summed E-state index contributed by atoms with van der Waals surface area (Å²) in [6.07, 6.45) is 1.61. The molecule has 0 fully saturated rings. The maximum absolute atomic E-state index is 11.6. The molecule has 0 radical (unpaired) electrons. The standard InChI is InChI=1S/C16H23NO4/c1-12(2)21-16(18)15(17-19)9-4-5-10-20-14-8-6-7-13(3)11-14/h6-8,11-12,15H,4-5,9-10H2,1-3H3. The minimum atomic E-state index is -0.911. The van der Waals surface area contributed by atoms with Gasteiger partial charge in [0.15, 0.2) is 6.04 Å². The molecular weight excluding hydrogens is 270 g/mol. The third-order valence-electron chi connectivity index (χ3n) is 2.88. The van der Waals surface area contributed by atoms with Crippen LogP contribution in [0.15, 0.2) is 29.4 Å². The molecule has 0 saturated carbocycles. The van der Waals surface area contributed by atoms with Crippen molar-refractivity contribution in [2.75, 3.05) is 6.61 Å². The largest absolute Gasteiger partial charge is 0.494 e. The second-order valence-electron chi connectivity index (χ2n) is 5.27. The summed E-state index contributed by atoms with van der Waals surface area (Å²) in [4.78, 5) is 22.2. The van der Waals surface area contributed by atoms with Crippen LogP contribution in [0.5, 0.6) is 5.75 Å². The van der Waals surface area contributed by atoms with Gasteiger partial charge >= 0.3 is 5.97 Å². The molecule has 0 aliphatic carbocycles. The molecule has 21 heavy (non-hydrogen) atoms. The van der Waals surface area contributed by atoms with Gasteiger partial charge < -0.3 is 9.47 Å². The van der Waals surface area contributed by atoms with Gasteiger partial charge in [-0.2, -0.15) is 0 Å². The predicted molar refractivity (Wildman–Crippen MR) is 81.3 cm³/mol. The van der Waals surface area contributed by atoms with Crippen LogP contribution in [0.1, 0.15) is 38.7 Å². The Bertz CT molecular complexity index is 459. The van der Waals surface area contributed by atoms with E-state index in [1.807, 2.05) is 31.2 Å². The molecule has 116 valence electrons. The number of hydrogen-bond acceptors (Lipinski definition) is 5. The van der Waals surface area contributed by atoms with E-state index >= 15 is 0 Å². The molecule has 1 aromatic carbocycles. The summed E-state index contributed by atoms with van der Waals surface area (Å²) >= 11 is 0. The van der Waals surface area contributed by atoms with Gasteiger partial charge in [-0.25, -0.2) is 4.79 Å². The van der Waals surface area contributed by atoms with Crippen LogP contribution in [-0.4, -0.2) is 24.7 Å². The number of ether oxygens (including phenoxy) is 2. The van der Waals surface area contributed by atoms with Crippen LogP contribution in [-0.2, 0) is 9.53 Å². The van der Waals surface area contributed by atoms with Gasteiger partial charge in [0.1, 0.15) is 5.75 Å². The van der Waals surface area contributed by atoms with Gasteiger partial charge in [-0.3, -0.25) is 0 Å². The van der Waals surface area contributed by atoms with E-state index in [0.29, 0.717) is 19.4 Å². The molecular formula is C16H23NO4. The molecule has 0 saturated heterocycles. The second-order valence-corrected chi connectivity index (χ2v) is 5.27. The molecule has 0 aliphatic heterocycles. The highest BCUT2D eigenvalue weighted by Crippen LogP contribution is 2.14. The molecule has 0 bridgehead atoms. The van der Waals surface area contributed by atoms with Crippen molar-refractivity contribution in [1.29, 1.82) is 0 Å². The lowest BCUT2D eigenvalue weighted by atomic mass is 10.1. The van der Waals surface area contributed by atoms with Crippen LogP contribution < -0.4 is 4.74 Å². The van der Waals surface area contributed by atoms with Crippen LogP contribution in [0.25, 0.3) is 0 Å². The molecule has 0 N–H and O–H groups in total. The first kappa shape index (κ1) is 17.1. The van der Waals surface area contributed by atoms with Crippen molar-refractivity contribution in [2.45, 2.75) is 52.2 Å². The zero-order chi connectivity index (χ0) is 15.7. The smallest absolute Gasteiger partial charge is 0.334 e. The number of hydrogen-bond donors (Lipinski definition) is 0. The fourth-order valence-electron chi connectivity index (χ4n) is 1.86. The van der Waals surface area contributed by atoms with Crippen LogP contribution in [0, 0.1) is 11.8 Å². The lowest BCUT2D eigenvalue weighted by Gasteiger charge is -2.12. The SMILES string of the molecule is Cc1cccc(OCCCCC(N=O)C(=O)OC(C)C)c1. The third kappa shape index (κ3) is 6.88. The summed E-state index contributed by atoms with van der Waals surface area (Å²) in [5.41, 5.74) is 1.15. The molecule has 1 aromatic rings.